The third-order valence-electron chi connectivity index (χ3n) is 5.55. The first-order valence-corrected chi connectivity index (χ1v) is 10.7. The Hall–Kier alpha value is -2.66. The molecule has 5 heteroatoms. The van der Waals surface area contributed by atoms with E-state index in [2.05, 4.69) is 50.5 Å². The number of fused-ring (bicyclic) bond motifs is 1. The number of aryl methyl sites for hydroxylation is 2. The third kappa shape index (κ3) is 4.26. The molecule has 0 N–H and O–H groups in total. The van der Waals surface area contributed by atoms with Crippen molar-refractivity contribution in [2.45, 2.75) is 59.5 Å². The fourth-order valence-electron chi connectivity index (χ4n) is 4.17. The molecule has 1 heterocycles. The molecule has 3 aromatic rings. The van der Waals surface area contributed by atoms with Crippen molar-refractivity contribution in [3.05, 3.63) is 59.4 Å². The molecule has 0 spiro atoms. The van der Waals surface area contributed by atoms with Gasteiger partial charge in [-0.05, 0) is 43.5 Å². The summed E-state index contributed by atoms with van der Waals surface area (Å²) in [6, 6.07) is 14.2. The van der Waals surface area contributed by atoms with Crippen LogP contribution in [0.15, 0.2) is 42.5 Å². The van der Waals surface area contributed by atoms with Crippen LogP contribution in [-0.4, -0.2) is 35.2 Å². The summed E-state index contributed by atoms with van der Waals surface area (Å²) in [6.45, 7) is 11.2. The van der Waals surface area contributed by atoms with E-state index < -0.39 is 0 Å². The van der Waals surface area contributed by atoms with Gasteiger partial charge in [0.05, 0.1) is 29.4 Å². The van der Waals surface area contributed by atoms with E-state index in [1.54, 1.807) is 7.11 Å². The maximum Gasteiger partial charge on any atom is 0.247 e. The average Bonchev–Trinajstić information content (AvgIpc) is 3.08. The summed E-state index contributed by atoms with van der Waals surface area (Å²) in [5, 5.41) is 0. The number of anilines is 1. The zero-order chi connectivity index (χ0) is 21.8. The van der Waals surface area contributed by atoms with E-state index in [9.17, 15) is 4.79 Å². The number of carbonyl (C=O) groups excluding carboxylic acids is 1. The molecule has 0 aliphatic heterocycles. The van der Waals surface area contributed by atoms with Crippen molar-refractivity contribution >= 4 is 22.6 Å². The first-order chi connectivity index (χ1) is 14.4. The van der Waals surface area contributed by atoms with E-state index >= 15 is 0 Å². The zero-order valence-electron chi connectivity index (χ0n) is 19.0. The van der Waals surface area contributed by atoms with Crippen LogP contribution in [0.5, 0.6) is 0 Å². The fourth-order valence-corrected chi connectivity index (χ4v) is 4.17. The molecule has 5 nitrogen and oxygen atoms in total. The maximum absolute atomic E-state index is 13.8. The summed E-state index contributed by atoms with van der Waals surface area (Å²) in [5.74, 6) is 1.21. The standard InChI is InChI=1S/C25H33N3O2/c1-7-20-12-10-11-18(4)24(20)28(19(5)16-30-6)23(29)15-27-22-14-9-8-13-21(22)26-25(27)17(2)3/h8-14,17,19H,7,15-16H2,1-6H3. The smallest absolute Gasteiger partial charge is 0.247 e. The summed E-state index contributed by atoms with van der Waals surface area (Å²) in [5.41, 5.74) is 5.20. The Bertz CT molecular complexity index is 1020. The van der Waals surface area contributed by atoms with Crippen LogP contribution in [0, 0.1) is 6.92 Å². The van der Waals surface area contributed by atoms with Crippen LogP contribution in [0.25, 0.3) is 11.0 Å². The number of hydrogen-bond acceptors (Lipinski definition) is 3. The van der Waals surface area contributed by atoms with E-state index in [1.807, 2.05) is 36.1 Å². The molecule has 1 unspecified atom stereocenters. The number of rotatable bonds is 8. The molecule has 30 heavy (non-hydrogen) atoms. The quantitative estimate of drug-likeness (QED) is 0.522. The van der Waals surface area contributed by atoms with Gasteiger partial charge in [-0.15, -0.1) is 0 Å². The van der Waals surface area contributed by atoms with Crippen LogP contribution in [0.1, 0.15) is 50.6 Å². The molecular weight excluding hydrogens is 374 g/mol. The van der Waals surface area contributed by atoms with Crippen LogP contribution < -0.4 is 4.90 Å². The van der Waals surface area contributed by atoms with Crippen molar-refractivity contribution in [3.63, 3.8) is 0 Å². The van der Waals surface area contributed by atoms with E-state index in [0.717, 1.165) is 34.5 Å². The number of methoxy groups -OCH3 is 1. The minimum absolute atomic E-state index is 0.0496. The maximum atomic E-state index is 13.8. The second-order valence-electron chi connectivity index (χ2n) is 8.20. The number of aromatic nitrogens is 2. The monoisotopic (exact) mass is 407 g/mol. The highest BCUT2D eigenvalue weighted by atomic mass is 16.5. The Morgan fingerprint density at radius 1 is 1.13 bits per heavy atom. The number of imidazole rings is 1. The molecule has 0 aliphatic carbocycles. The van der Waals surface area contributed by atoms with E-state index in [0.29, 0.717) is 6.61 Å². The highest BCUT2D eigenvalue weighted by Gasteiger charge is 2.27. The van der Waals surface area contributed by atoms with E-state index in [-0.39, 0.29) is 24.4 Å². The lowest BCUT2D eigenvalue weighted by atomic mass is 10.0. The Kier molecular flexibility index (Phi) is 6.93. The molecule has 0 saturated heterocycles. The van der Waals surface area contributed by atoms with Crippen molar-refractivity contribution < 1.29 is 9.53 Å². The predicted molar refractivity (Wildman–Crippen MR) is 123 cm³/mol. The number of para-hydroxylation sites is 3. The van der Waals surface area contributed by atoms with Crippen LogP contribution in [0.2, 0.25) is 0 Å². The van der Waals surface area contributed by atoms with E-state index in [1.165, 1.54) is 5.56 Å². The Labute approximate surface area is 179 Å². The lowest BCUT2D eigenvalue weighted by Gasteiger charge is -2.32. The van der Waals surface area contributed by atoms with Gasteiger partial charge in [-0.3, -0.25) is 4.79 Å². The first-order valence-electron chi connectivity index (χ1n) is 10.7. The lowest BCUT2D eigenvalue weighted by molar-refractivity contribution is -0.119. The van der Waals surface area contributed by atoms with Gasteiger partial charge in [-0.25, -0.2) is 4.98 Å². The molecule has 160 valence electrons. The molecule has 1 amide bonds. The number of hydrogen-bond donors (Lipinski definition) is 0. The summed E-state index contributed by atoms with van der Waals surface area (Å²) in [4.78, 5) is 20.5. The molecule has 3 rings (SSSR count). The normalized spacial score (nSPS) is 12.5. The highest BCUT2D eigenvalue weighted by molar-refractivity contribution is 5.96. The summed E-state index contributed by atoms with van der Waals surface area (Å²) >= 11 is 0. The SMILES string of the molecule is CCc1cccc(C)c1N(C(=O)Cn1c(C(C)C)nc2ccccc21)C(C)COC. The van der Waals surface area contributed by atoms with Crippen molar-refractivity contribution in [2.75, 3.05) is 18.6 Å². The molecule has 0 bridgehead atoms. The predicted octanol–water partition coefficient (Wildman–Crippen LogP) is 5.10. The number of ether oxygens (including phenoxy) is 1. The molecule has 0 radical (unpaired) electrons. The lowest BCUT2D eigenvalue weighted by Crippen LogP contribution is -2.44. The van der Waals surface area contributed by atoms with Gasteiger partial charge in [0.2, 0.25) is 5.91 Å². The Morgan fingerprint density at radius 2 is 1.87 bits per heavy atom. The summed E-state index contributed by atoms with van der Waals surface area (Å²) < 4.78 is 7.49. The summed E-state index contributed by atoms with van der Waals surface area (Å²) in [6.07, 6.45) is 0.867. The molecule has 1 atom stereocenters. The number of carbonyl (C=O) groups is 1. The van der Waals surface area contributed by atoms with Crippen LogP contribution in [0.4, 0.5) is 5.69 Å². The van der Waals surface area contributed by atoms with Crippen molar-refractivity contribution in [3.8, 4) is 0 Å². The van der Waals surface area contributed by atoms with Gasteiger partial charge < -0.3 is 14.2 Å². The minimum atomic E-state index is -0.0776. The number of amides is 1. The Morgan fingerprint density at radius 3 is 2.53 bits per heavy atom. The van der Waals surface area contributed by atoms with Gasteiger partial charge in [-0.1, -0.05) is 51.1 Å². The molecular formula is C25H33N3O2. The topological polar surface area (TPSA) is 47.4 Å². The summed E-state index contributed by atoms with van der Waals surface area (Å²) in [7, 11) is 1.68. The van der Waals surface area contributed by atoms with Gasteiger partial charge in [-0.2, -0.15) is 0 Å². The minimum Gasteiger partial charge on any atom is -0.383 e. The second-order valence-corrected chi connectivity index (χ2v) is 8.20. The molecule has 1 aromatic heterocycles. The van der Waals surface area contributed by atoms with Gasteiger partial charge in [0.25, 0.3) is 0 Å². The van der Waals surface area contributed by atoms with Gasteiger partial charge in [0.15, 0.2) is 0 Å². The largest absolute Gasteiger partial charge is 0.383 e. The fraction of sp³-hybridized carbons (Fsp3) is 0.440. The average molecular weight is 408 g/mol. The number of benzene rings is 2. The second kappa shape index (κ2) is 9.43. The molecule has 0 fully saturated rings. The molecule has 0 aliphatic rings. The zero-order valence-corrected chi connectivity index (χ0v) is 19.0. The van der Waals surface area contributed by atoms with Crippen molar-refractivity contribution in [1.82, 2.24) is 9.55 Å². The molecule has 2 aromatic carbocycles. The first kappa shape index (κ1) is 22.0. The Balaban J connectivity index is 2.08. The van der Waals surface area contributed by atoms with Gasteiger partial charge >= 0.3 is 0 Å². The highest BCUT2D eigenvalue weighted by Crippen LogP contribution is 2.29. The van der Waals surface area contributed by atoms with E-state index in [4.69, 9.17) is 9.72 Å². The molecule has 0 saturated carbocycles. The van der Waals surface area contributed by atoms with Crippen LogP contribution in [-0.2, 0) is 22.5 Å². The third-order valence-corrected chi connectivity index (χ3v) is 5.55. The van der Waals surface area contributed by atoms with Gasteiger partial charge in [0, 0.05) is 13.0 Å². The van der Waals surface area contributed by atoms with Crippen molar-refractivity contribution in [1.29, 1.82) is 0 Å². The van der Waals surface area contributed by atoms with Crippen molar-refractivity contribution in [2.24, 2.45) is 0 Å². The number of nitrogens with zero attached hydrogens (tertiary/aromatic N) is 3. The van der Waals surface area contributed by atoms with Crippen LogP contribution in [0.3, 0.4) is 0 Å². The van der Waals surface area contributed by atoms with Crippen LogP contribution >= 0.6 is 0 Å². The van der Waals surface area contributed by atoms with Gasteiger partial charge in [0.1, 0.15) is 12.4 Å².